The lowest BCUT2D eigenvalue weighted by molar-refractivity contribution is -0.0365. The van der Waals surface area contributed by atoms with Gasteiger partial charge in [-0.3, -0.25) is 4.90 Å². The Morgan fingerprint density at radius 2 is 2.39 bits per heavy atom. The molecule has 18 heavy (non-hydrogen) atoms. The first-order valence-electron chi connectivity index (χ1n) is 6.12. The topological polar surface area (TPSA) is 38.5 Å². The van der Waals surface area contributed by atoms with Gasteiger partial charge in [-0.2, -0.15) is 0 Å². The van der Waals surface area contributed by atoms with Crippen LogP contribution in [0.3, 0.4) is 0 Å². The standard InChI is InChI=1S/C13H18BrFN2O/c1-9(12-3-2-10(15)6-13(12)14)17-4-5-18-11(7-16)8-17/h2-3,6,9,11H,4-5,7-8,16H2,1H3. The van der Waals surface area contributed by atoms with Gasteiger partial charge in [0.1, 0.15) is 5.82 Å². The molecule has 100 valence electrons. The summed E-state index contributed by atoms with van der Waals surface area (Å²) >= 11 is 3.42. The number of rotatable bonds is 3. The van der Waals surface area contributed by atoms with Gasteiger partial charge >= 0.3 is 0 Å². The molecule has 2 N–H and O–H groups in total. The van der Waals surface area contributed by atoms with E-state index in [4.69, 9.17) is 10.5 Å². The van der Waals surface area contributed by atoms with E-state index in [1.165, 1.54) is 12.1 Å². The summed E-state index contributed by atoms with van der Waals surface area (Å²) in [5, 5.41) is 0. The molecular formula is C13H18BrFN2O. The lowest BCUT2D eigenvalue weighted by Gasteiger charge is -2.37. The van der Waals surface area contributed by atoms with E-state index in [9.17, 15) is 4.39 Å². The van der Waals surface area contributed by atoms with Gasteiger partial charge in [-0.05, 0) is 24.6 Å². The molecule has 0 saturated carbocycles. The second-order valence-corrected chi connectivity index (χ2v) is 5.42. The van der Waals surface area contributed by atoms with Gasteiger partial charge in [0, 0.05) is 30.1 Å². The third-order valence-electron chi connectivity index (χ3n) is 3.39. The van der Waals surface area contributed by atoms with Crippen LogP contribution in [0.25, 0.3) is 0 Å². The number of nitrogens with two attached hydrogens (primary N) is 1. The Morgan fingerprint density at radius 3 is 3.06 bits per heavy atom. The van der Waals surface area contributed by atoms with E-state index in [0.717, 1.165) is 23.1 Å². The SMILES string of the molecule is CC(c1ccc(F)cc1Br)N1CCOC(CN)C1. The molecule has 1 fully saturated rings. The molecule has 1 heterocycles. The van der Waals surface area contributed by atoms with E-state index in [1.54, 1.807) is 0 Å². The number of nitrogens with zero attached hydrogens (tertiary/aromatic N) is 1. The number of ether oxygens (including phenoxy) is 1. The molecule has 0 aliphatic carbocycles. The van der Waals surface area contributed by atoms with Crippen molar-refractivity contribution >= 4 is 15.9 Å². The van der Waals surface area contributed by atoms with Gasteiger partial charge in [0.05, 0.1) is 12.7 Å². The van der Waals surface area contributed by atoms with Crippen molar-refractivity contribution in [2.45, 2.75) is 19.1 Å². The summed E-state index contributed by atoms with van der Waals surface area (Å²) in [5.41, 5.74) is 6.74. The average Bonchev–Trinajstić information content (AvgIpc) is 2.38. The number of halogens is 2. The van der Waals surface area contributed by atoms with Gasteiger partial charge in [-0.1, -0.05) is 22.0 Å². The van der Waals surface area contributed by atoms with Crippen molar-refractivity contribution < 1.29 is 9.13 Å². The average molecular weight is 317 g/mol. The predicted octanol–water partition coefficient (Wildman–Crippen LogP) is 2.31. The molecule has 2 rings (SSSR count). The largest absolute Gasteiger partial charge is 0.374 e. The zero-order valence-electron chi connectivity index (χ0n) is 10.4. The van der Waals surface area contributed by atoms with E-state index in [-0.39, 0.29) is 18.0 Å². The fraction of sp³-hybridized carbons (Fsp3) is 0.538. The molecule has 1 saturated heterocycles. The quantitative estimate of drug-likeness (QED) is 0.930. The summed E-state index contributed by atoms with van der Waals surface area (Å²) in [6, 6.07) is 5.05. The molecule has 1 aliphatic heterocycles. The van der Waals surface area contributed by atoms with E-state index < -0.39 is 0 Å². The van der Waals surface area contributed by atoms with E-state index in [0.29, 0.717) is 13.2 Å². The number of morpholine rings is 1. The van der Waals surface area contributed by atoms with Gasteiger partial charge in [0.15, 0.2) is 0 Å². The maximum atomic E-state index is 13.1. The highest BCUT2D eigenvalue weighted by atomic mass is 79.9. The fourth-order valence-corrected chi connectivity index (χ4v) is 2.96. The molecular weight excluding hydrogens is 299 g/mol. The van der Waals surface area contributed by atoms with Crippen LogP contribution in [-0.2, 0) is 4.74 Å². The lowest BCUT2D eigenvalue weighted by Crippen LogP contribution is -2.46. The molecule has 0 bridgehead atoms. The number of benzene rings is 1. The summed E-state index contributed by atoms with van der Waals surface area (Å²) in [4.78, 5) is 2.32. The van der Waals surface area contributed by atoms with Crippen molar-refractivity contribution in [1.29, 1.82) is 0 Å². The van der Waals surface area contributed by atoms with Crippen LogP contribution < -0.4 is 5.73 Å². The lowest BCUT2D eigenvalue weighted by atomic mass is 10.1. The smallest absolute Gasteiger partial charge is 0.124 e. The maximum absolute atomic E-state index is 13.1. The molecule has 2 unspecified atom stereocenters. The maximum Gasteiger partial charge on any atom is 0.124 e. The first-order valence-corrected chi connectivity index (χ1v) is 6.91. The zero-order valence-corrected chi connectivity index (χ0v) is 12.0. The Labute approximate surface area is 115 Å². The Balaban J connectivity index is 2.12. The van der Waals surface area contributed by atoms with Crippen LogP contribution in [0.4, 0.5) is 4.39 Å². The van der Waals surface area contributed by atoms with Crippen molar-refractivity contribution in [3.05, 3.63) is 34.1 Å². The van der Waals surface area contributed by atoms with Crippen LogP contribution in [0, 0.1) is 5.82 Å². The van der Waals surface area contributed by atoms with Gasteiger partial charge in [0.2, 0.25) is 0 Å². The molecule has 5 heteroatoms. The van der Waals surface area contributed by atoms with E-state index >= 15 is 0 Å². The number of hydrogen-bond acceptors (Lipinski definition) is 3. The molecule has 2 atom stereocenters. The first kappa shape index (κ1) is 13.9. The summed E-state index contributed by atoms with van der Waals surface area (Å²) in [6.07, 6.45) is 0.0976. The molecule has 3 nitrogen and oxygen atoms in total. The van der Waals surface area contributed by atoms with Crippen LogP contribution in [-0.4, -0.2) is 37.2 Å². The van der Waals surface area contributed by atoms with Crippen LogP contribution in [0.2, 0.25) is 0 Å². The fourth-order valence-electron chi connectivity index (χ4n) is 2.27. The molecule has 0 aromatic heterocycles. The molecule has 1 aromatic carbocycles. The Kier molecular flexibility index (Phi) is 4.72. The van der Waals surface area contributed by atoms with Gasteiger partial charge < -0.3 is 10.5 Å². The van der Waals surface area contributed by atoms with Crippen molar-refractivity contribution in [2.24, 2.45) is 5.73 Å². The summed E-state index contributed by atoms with van der Waals surface area (Å²) < 4.78 is 19.5. The van der Waals surface area contributed by atoms with Crippen molar-refractivity contribution in [1.82, 2.24) is 4.90 Å². The first-order chi connectivity index (χ1) is 8.61. The molecule has 0 radical (unpaired) electrons. The summed E-state index contributed by atoms with van der Waals surface area (Å²) in [6.45, 7) is 5.05. The second-order valence-electron chi connectivity index (χ2n) is 4.57. The van der Waals surface area contributed by atoms with E-state index in [2.05, 4.69) is 27.8 Å². The van der Waals surface area contributed by atoms with Crippen LogP contribution in [0.5, 0.6) is 0 Å². The minimum atomic E-state index is -0.223. The molecule has 1 aromatic rings. The summed E-state index contributed by atoms with van der Waals surface area (Å²) in [7, 11) is 0. The minimum absolute atomic E-state index is 0.0976. The van der Waals surface area contributed by atoms with Crippen LogP contribution >= 0.6 is 15.9 Å². The highest BCUT2D eigenvalue weighted by Gasteiger charge is 2.25. The Morgan fingerprint density at radius 1 is 1.61 bits per heavy atom. The van der Waals surface area contributed by atoms with E-state index in [1.807, 2.05) is 6.07 Å². The minimum Gasteiger partial charge on any atom is -0.374 e. The summed E-state index contributed by atoms with van der Waals surface area (Å²) in [5.74, 6) is -0.223. The highest BCUT2D eigenvalue weighted by molar-refractivity contribution is 9.10. The Hall–Kier alpha value is -0.490. The van der Waals surface area contributed by atoms with Crippen LogP contribution in [0.1, 0.15) is 18.5 Å². The third kappa shape index (κ3) is 3.09. The van der Waals surface area contributed by atoms with Gasteiger partial charge in [-0.15, -0.1) is 0 Å². The zero-order chi connectivity index (χ0) is 13.1. The van der Waals surface area contributed by atoms with Crippen molar-refractivity contribution in [3.63, 3.8) is 0 Å². The number of hydrogen-bond donors (Lipinski definition) is 1. The molecule has 0 amide bonds. The third-order valence-corrected chi connectivity index (χ3v) is 4.08. The highest BCUT2D eigenvalue weighted by Crippen LogP contribution is 2.29. The second kappa shape index (κ2) is 6.10. The molecule has 1 aliphatic rings. The van der Waals surface area contributed by atoms with Crippen molar-refractivity contribution in [2.75, 3.05) is 26.2 Å². The Bertz CT molecular complexity index is 416. The molecule has 0 spiro atoms. The monoisotopic (exact) mass is 316 g/mol. The van der Waals surface area contributed by atoms with Crippen molar-refractivity contribution in [3.8, 4) is 0 Å². The normalized spacial score (nSPS) is 23.0. The van der Waals surface area contributed by atoms with Crippen LogP contribution in [0.15, 0.2) is 22.7 Å². The van der Waals surface area contributed by atoms with Gasteiger partial charge in [0.25, 0.3) is 0 Å². The predicted molar refractivity (Wildman–Crippen MR) is 72.9 cm³/mol. The van der Waals surface area contributed by atoms with Gasteiger partial charge in [-0.25, -0.2) is 4.39 Å².